The maximum absolute atomic E-state index is 6.23. The topological polar surface area (TPSA) is 43.8 Å². The lowest BCUT2D eigenvalue weighted by Crippen LogP contribution is -2.19. The summed E-state index contributed by atoms with van der Waals surface area (Å²) in [5.74, 6) is 2.70. The van der Waals surface area contributed by atoms with Crippen molar-refractivity contribution in [2.45, 2.75) is 64.8 Å². The Morgan fingerprint density at radius 1 is 1.38 bits per heavy atom. The molecule has 16 heavy (non-hydrogen) atoms. The third-order valence-electron chi connectivity index (χ3n) is 3.12. The van der Waals surface area contributed by atoms with Gasteiger partial charge in [0.15, 0.2) is 0 Å². The maximum Gasteiger partial charge on any atom is 0.127 e. The van der Waals surface area contributed by atoms with E-state index < -0.39 is 0 Å². The molecular weight excluding hydrogens is 198 g/mol. The van der Waals surface area contributed by atoms with E-state index in [1.54, 1.807) is 0 Å². The second-order valence-corrected chi connectivity index (χ2v) is 5.88. The second kappa shape index (κ2) is 3.79. The fourth-order valence-corrected chi connectivity index (χ4v) is 2.16. The van der Waals surface area contributed by atoms with Crippen LogP contribution in [-0.2, 0) is 12.0 Å². The Morgan fingerprint density at radius 2 is 2.00 bits per heavy atom. The highest BCUT2D eigenvalue weighted by Gasteiger charge is 2.32. The highest BCUT2D eigenvalue weighted by molar-refractivity contribution is 5.43. The molecule has 2 rings (SSSR count). The van der Waals surface area contributed by atoms with E-state index in [0.717, 1.165) is 30.3 Å². The quantitative estimate of drug-likeness (QED) is 0.852. The first-order chi connectivity index (χ1) is 7.45. The number of nitrogens with zero attached hydrogens (tertiary/aromatic N) is 2. The van der Waals surface area contributed by atoms with Gasteiger partial charge in [0.05, 0.1) is 5.69 Å². The van der Waals surface area contributed by atoms with Gasteiger partial charge in [-0.2, -0.15) is 0 Å². The Morgan fingerprint density at radius 3 is 2.44 bits per heavy atom. The molecule has 0 spiro atoms. The van der Waals surface area contributed by atoms with Gasteiger partial charge in [-0.1, -0.05) is 27.7 Å². The van der Waals surface area contributed by atoms with Gasteiger partial charge in [0.2, 0.25) is 0 Å². The molecule has 1 aliphatic rings. The highest BCUT2D eigenvalue weighted by atomic mass is 15.2. The van der Waals surface area contributed by atoms with Crippen LogP contribution < -0.4 is 5.73 Å². The third-order valence-corrected chi connectivity index (χ3v) is 3.12. The summed E-state index contributed by atoms with van der Waals surface area (Å²) in [6, 6.07) is 0. The fraction of sp³-hybridized carbons (Fsp3) is 0.769. The molecule has 0 aromatic carbocycles. The number of rotatable bonds is 3. The molecule has 90 valence electrons. The van der Waals surface area contributed by atoms with E-state index in [4.69, 9.17) is 10.7 Å². The van der Waals surface area contributed by atoms with Crippen LogP contribution in [0.2, 0.25) is 0 Å². The smallest absolute Gasteiger partial charge is 0.127 e. The predicted octanol–water partition coefficient (Wildman–Crippen LogP) is 3.05. The first kappa shape index (κ1) is 11.5. The molecular formula is C13H23N3. The van der Waals surface area contributed by atoms with E-state index in [2.05, 4.69) is 32.3 Å². The van der Waals surface area contributed by atoms with Crippen LogP contribution in [0, 0.1) is 0 Å². The first-order valence-corrected chi connectivity index (χ1v) is 6.31. The van der Waals surface area contributed by atoms with Crippen molar-refractivity contribution in [2.24, 2.45) is 0 Å². The predicted molar refractivity (Wildman–Crippen MR) is 67.6 cm³/mol. The van der Waals surface area contributed by atoms with Crippen molar-refractivity contribution in [1.82, 2.24) is 9.55 Å². The minimum atomic E-state index is 0.0798. The van der Waals surface area contributed by atoms with Crippen LogP contribution in [0.5, 0.6) is 0 Å². The van der Waals surface area contributed by atoms with Crippen molar-refractivity contribution in [3.8, 4) is 0 Å². The fourth-order valence-electron chi connectivity index (χ4n) is 2.16. The standard InChI is InChI=1S/C13H23N3/c1-5-8-16-11(14)10(9-6-7-9)15-12(16)13(2,3)4/h9H,5-8,14H2,1-4H3. The molecule has 0 unspecified atom stereocenters. The molecule has 1 aromatic heterocycles. The second-order valence-electron chi connectivity index (χ2n) is 5.88. The highest BCUT2D eigenvalue weighted by Crippen LogP contribution is 2.43. The van der Waals surface area contributed by atoms with Crippen molar-refractivity contribution in [2.75, 3.05) is 5.73 Å². The van der Waals surface area contributed by atoms with Crippen LogP contribution in [-0.4, -0.2) is 9.55 Å². The lowest BCUT2D eigenvalue weighted by molar-refractivity contribution is 0.497. The summed E-state index contributed by atoms with van der Waals surface area (Å²) in [5, 5.41) is 0. The number of nitrogen functional groups attached to an aromatic ring is 1. The van der Waals surface area contributed by atoms with Crippen LogP contribution in [0.3, 0.4) is 0 Å². The van der Waals surface area contributed by atoms with Gasteiger partial charge in [-0.05, 0) is 19.3 Å². The Kier molecular flexibility index (Phi) is 2.72. The van der Waals surface area contributed by atoms with Crippen LogP contribution >= 0.6 is 0 Å². The molecule has 1 saturated carbocycles. The van der Waals surface area contributed by atoms with Gasteiger partial charge in [-0.25, -0.2) is 4.98 Å². The molecule has 1 fully saturated rings. The van der Waals surface area contributed by atoms with Crippen LogP contribution in [0.4, 0.5) is 5.82 Å². The zero-order chi connectivity index (χ0) is 11.9. The van der Waals surface area contributed by atoms with E-state index in [0.29, 0.717) is 5.92 Å². The summed E-state index contributed by atoms with van der Waals surface area (Å²) in [7, 11) is 0. The summed E-state index contributed by atoms with van der Waals surface area (Å²) in [5.41, 5.74) is 7.46. The molecule has 1 heterocycles. The van der Waals surface area contributed by atoms with Gasteiger partial charge >= 0.3 is 0 Å². The lowest BCUT2D eigenvalue weighted by Gasteiger charge is -2.19. The molecule has 3 heteroatoms. The molecule has 3 nitrogen and oxygen atoms in total. The molecule has 0 atom stereocenters. The molecule has 0 bridgehead atoms. The van der Waals surface area contributed by atoms with E-state index in [-0.39, 0.29) is 5.41 Å². The zero-order valence-corrected chi connectivity index (χ0v) is 10.9. The van der Waals surface area contributed by atoms with Crippen molar-refractivity contribution in [3.63, 3.8) is 0 Å². The van der Waals surface area contributed by atoms with Crippen molar-refractivity contribution >= 4 is 5.82 Å². The SMILES string of the molecule is CCCn1c(C(C)(C)C)nc(C2CC2)c1N. The molecule has 0 amide bonds. The van der Waals surface area contributed by atoms with Crippen molar-refractivity contribution in [3.05, 3.63) is 11.5 Å². The summed E-state index contributed by atoms with van der Waals surface area (Å²) < 4.78 is 2.22. The number of anilines is 1. The van der Waals surface area contributed by atoms with E-state index in [1.807, 2.05) is 0 Å². The molecule has 2 N–H and O–H groups in total. The normalized spacial score (nSPS) is 16.8. The maximum atomic E-state index is 6.23. The number of aromatic nitrogens is 2. The van der Waals surface area contributed by atoms with Crippen molar-refractivity contribution < 1.29 is 0 Å². The minimum absolute atomic E-state index is 0.0798. The molecule has 1 aromatic rings. The van der Waals surface area contributed by atoms with Gasteiger partial charge in [-0.15, -0.1) is 0 Å². The summed E-state index contributed by atoms with van der Waals surface area (Å²) in [4.78, 5) is 4.80. The Hall–Kier alpha value is -0.990. The molecule has 0 radical (unpaired) electrons. The molecule has 0 saturated heterocycles. The van der Waals surface area contributed by atoms with Gasteiger partial charge in [-0.3, -0.25) is 0 Å². The van der Waals surface area contributed by atoms with Crippen LogP contribution in [0.15, 0.2) is 0 Å². The number of imidazole rings is 1. The van der Waals surface area contributed by atoms with Crippen LogP contribution in [0.1, 0.15) is 64.4 Å². The number of hydrogen-bond acceptors (Lipinski definition) is 2. The van der Waals surface area contributed by atoms with Crippen molar-refractivity contribution in [1.29, 1.82) is 0 Å². The largest absolute Gasteiger partial charge is 0.384 e. The summed E-state index contributed by atoms with van der Waals surface area (Å²) in [6.45, 7) is 9.79. The van der Waals surface area contributed by atoms with E-state index in [9.17, 15) is 0 Å². The Labute approximate surface area is 98.1 Å². The van der Waals surface area contributed by atoms with Gasteiger partial charge in [0.1, 0.15) is 11.6 Å². The zero-order valence-electron chi connectivity index (χ0n) is 10.9. The average Bonchev–Trinajstić information content (AvgIpc) is 2.94. The van der Waals surface area contributed by atoms with Crippen LogP contribution in [0.25, 0.3) is 0 Å². The number of hydrogen-bond donors (Lipinski definition) is 1. The third kappa shape index (κ3) is 1.95. The Bertz CT molecular complexity index is 381. The summed E-state index contributed by atoms with van der Waals surface area (Å²) in [6.07, 6.45) is 3.63. The minimum Gasteiger partial charge on any atom is -0.384 e. The Balaban J connectivity index is 2.45. The molecule has 0 aliphatic heterocycles. The average molecular weight is 221 g/mol. The monoisotopic (exact) mass is 221 g/mol. The van der Waals surface area contributed by atoms with Gasteiger partial charge < -0.3 is 10.3 Å². The van der Waals surface area contributed by atoms with E-state index >= 15 is 0 Å². The summed E-state index contributed by atoms with van der Waals surface area (Å²) >= 11 is 0. The first-order valence-electron chi connectivity index (χ1n) is 6.31. The molecule has 1 aliphatic carbocycles. The number of nitrogens with two attached hydrogens (primary N) is 1. The van der Waals surface area contributed by atoms with Gasteiger partial charge in [0, 0.05) is 17.9 Å². The lowest BCUT2D eigenvalue weighted by atomic mass is 9.95. The van der Waals surface area contributed by atoms with Gasteiger partial charge in [0.25, 0.3) is 0 Å². The van der Waals surface area contributed by atoms with E-state index in [1.165, 1.54) is 12.8 Å².